The van der Waals surface area contributed by atoms with Crippen LogP contribution in [0.3, 0.4) is 0 Å². The average Bonchev–Trinajstić information content (AvgIpc) is 2.66. The van der Waals surface area contributed by atoms with Gasteiger partial charge in [-0.1, -0.05) is 6.58 Å². The molecule has 0 saturated carbocycles. The second-order valence-corrected chi connectivity index (χ2v) is 5.12. The van der Waals surface area contributed by atoms with Crippen LogP contribution in [0.2, 0.25) is 0 Å². The van der Waals surface area contributed by atoms with Gasteiger partial charge in [0.25, 0.3) is 0 Å². The van der Waals surface area contributed by atoms with Gasteiger partial charge in [-0.25, -0.2) is 0 Å². The third kappa shape index (κ3) is 2.53. The molecule has 0 aliphatic heterocycles. The Morgan fingerprint density at radius 1 is 1.42 bits per heavy atom. The van der Waals surface area contributed by atoms with E-state index in [0.29, 0.717) is 5.56 Å². The summed E-state index contributed by atoms with van der Waals surface area (Å²) in [7, 11) is 4.03. The first kappa shape index (κ1) is 13.4. The van der Waals surface area contributed by atoms with Crippen molar-refractivity contribution in [3.63, 3.8) is 0 Å². The van der Waals surface area contributed by atoms with E-state index in [1.165, 1.54) is 0 Å². The van der Waals surface area contributed by atoms with Crippen LogP contribution in [-0.2, 0) is 6.54 Å². The molecule has 0 radical (unpaired) electrons. The van der Waals surface area contributed by atoms with Crippen LogP contribution < -0.4 is 5.73 Å². The summed E-state index contributed by atoms with van der Waals surface area (Å²) in [6, 6.07) is 5.48. The quantitative estimate of drug-likeness (QED) is 0.883. The van der Waals surface area contributed by atoms with Crippen molar-refractivity contribution in [3.05, 3.63) is 41.6 Å². The maximum atomic E-state index is 11.3. The van der Waals surface area contributed by atoms with Gasteiger partial charge in [-0.05, 0) is 50.4 Å². The van der Waals surface area contributed by atoms with Crippen molar-refractivity contribution in [1.82, 2.24) is 9.88 Å². The number of aromatic amines is 1. The molecule has 4 nitrogen and oxygen atoms in total. The molecule has 1 aromatic heterocycles. The number of fused-ring (bicyclic) bond motifs is 1. The number of benzene rings is 1. The summed E-state index contributed by atoms with van der Waals surface area (Å²) in [5, 5.41) is 1.03. The van der Waals surface area contributed by atoms with Crippen molar-refractivity contribution in [2.24, 2.45) is 5.73 Å². The van der Waals surface area contributed by atoms with Gasteiger partial charge in [-0.15, -0.1) is 0 Å². The number of nitrogens with two attached hydrogens (primary N) is 1. The van der Waals surface area contributed by atoms with Crippen LogP contribution in [0.25, 0.3) is 16.5 Å². The van der Waals surface area contributed by atoms with Gasteiger partial charge >= 0.3 is 0 Å². The molecule has 2 aromatic rings. The number of H-pyrrole nitrogens is 1. The van der Waals surface area contributed by atoms with E-state index in [9.17, 15) is 4.79 Å². The topological polar surface area (TPSA) is 62.1 Å². The highest BCUT2D eigenvalue weighted by Crippen LogP contribution is 2.28. The lowest BCUT2D eigenvalue weighted by molar-refractivity contribution is 0.100. The largest absolute Gasteiger partial charge is 0.366 e. The Balaban J connectivity index is 2.69. The second-order valence-electron chi connectivity index (χ2n) is 5.12. The fourth-order valence-corrected chi connectivity index (χ4v) is 2.25. The van der Waals surface area contributed by atoms with E-state index in [2.05, 4.69) is 16.5 Å². The highest BCUT2D eigenvalue weighted by molar-refractivity contribution is 5.99. The van der Waals surface area contributed by atoms with Gasteiger partial charge in [-0.2, -0.15) is 0 Å². The van der Waals surface area contributed by atoms with Crippen LogP contribution in [0.1, 0.15) is 28.5 Å². The Kier molecular flexibility index (Phi) is 3.44. The summed E-state index contributed by atoms with van der Waals surface area (Å²) in [6.07, 6.45) is 0. The van der Waals surface area contributed by atoms with E-state index in [4.69, 9.17) is 5.73 Å². The minimum atomic E-state index is -0.407. The molecule has 0 saturated heterocycles. The van der Waals surface area contributed by atoms with Crippen LogP contribution in [0.5, 0.6) is 0 Å². The fourth-order valence-electron chi connectivity index (χ4n) is 2.25. The van der Waals surface area contributed by atoms with E-state index < -0.39 is 5.91 Å². The highest BCUT2D eigenvalue weighted by atomic mass is 16.1. The molecule has 19 heavy (non-hydrogen) atoms. The lowest BCUT2D eigenvalue weighted by atomic mass is 10.0. The molecule has 4 heteroatoms. The van der Waals surface area contributed by atoms with Crippen molar-refractivity contribution in [2.45, 2.75) is 13.5 Å². The number of carbonyl (C=O) groups is 1. The molecule has 2 rings (SSSR count). The molecule has 0 spiro atoms. The standard InChI is InChI=1S/C15H19N3O/c1-9(2)14-12(8-18(3)4)11-7-10(15(16)19)5-6-13(11)17-14/h5-7,17H,1,8H2,2-4H3,(H2,16,19). The number of amides is 1. The summed E-state index contributed by atoms with van der Waals surface area (Å²) in [4.78, 5) is 16.7. The van der Waals surface area contributed by atoms with Gasteiger partial charge in [0, 0.05) is 28.7 Å². The van der Waals surface area contributed by atoms with Crippen molar-refractivity contribution in [2.75, 3.05) is 14.1 Å². The van der Waals surface area contributed by atoms with Crippen molar-refractivity contribution < 1.29 is 4.79 Å². The number of carbonyl (C=O) groups excluding carboxylic acids is 1. The summed E-state index contributed by atoms with van der Waals surface area (Å²) in [5.74, 6) is -0.407. The Morgan fingerprint density at radius 2 is 2.11 bits per heavy atom. The molecule has 0 atom stereocenters. The van der Waals surface area contributed by atoms with E-state index in [0.717, 1.165) is 34.3 Å². The Labute approximate surface area is 112 Å². The first-order valence-electron chi connectivity index (χ1n) is 6.15. The van der Waals surface area contributed by atoms with E-state index in [1.54, 1.807) is 6.07 Å². The highest BCUT2D eigenvalue weighted by Gasteiger charge is 2.14. The molecule has 0 aliphatic carbocycles. The zero-order valence-electron chi connectivity index (χ0n) is 11.6. The number of hydrogen-bond acceptors (Lipinski definition) is 2. The van der Waals surface area contributed by atoms with E-state index >= 15 is 0 Å². The van der Waals surface area contributed by atoms with E-state index in [-0.39, 0.29) is 0 Å². The van der Waals surface area contributed by atoms with Crippen LogP contribution in [0.4, 0.5) is 0 Å². The lowest BCUT2D eigenvalue weighted by Crippen LogP contribution is -2.12. The van der Waals surface area contributed by atoms with Crippen LogP contribution >= 0.6 is 0 Å². The third-order valence-corrected chi connectivity index (χ3v) is 3.09. The number of primary amides is 1. The molecular weight excluding hydrogens is 238 g/mol. The molecule has 0 unspecified atom stereocenters. The van der Waals surface area contributed by atoms with Gasteiger partial charge in [0.05, 0.1) is 0 Å². The molecule has 3 N–H and O–H groups in total. The van der Waals surface area contributed by atoms with Crippen LogP contribution in [0.15, 0.2) is 24.8 Å². The maximum Gasteiger partial charge on any atom is 0.248 e. The number of allylic oxidation sites excluding steroid dienone is 1. The second kappa shape index (κ2) is 4.90. The number of nitrogens with zero attached hydrogens (tertiary/aromatic N) is 1. The molecule has 1 aromatic carbocycles. The number of nitrogens with one attached hydrogen (secondary N) is 1. The molecule has 0 fully saturated rings. The van der Waals surface area contributed by atoms with Crippen molar-refractivity contribution >= 4 is 22.4 Å². The first-order valence-corrected chi connectivity index (χ1v) is 6.15. The van der Waals surface area contributed by atoms with Crippen molar-refractivity contribution in [1.29, 1.82) is 0 Å². The van der Waals surface area contributed by atoms with E-state index in [1.807, 2.05) is 33.2 Å². The zero-order valence-corrected chi connectivity index (χ0v) is 11.6. The number of rotatable bonds is 4. The van der Waals surface area contributed by atoms with Gasteiger partial charge in [0.2, 0.25) is 5.91 Å². The molecule has 0 bridgehead atoms. The maximum absolute atomic E-state index is 11.3. The predicted octanol–water partition coefficient (Wildman–Crippen LogP) is 2.36. The molecule has 0 aliphatic rings. The van der Waals surface area contributed by atoms with Gasteiger partial charge in [-0.3, -0.25) is 4.79 Å². The summed E-state index contributed by atoms with van der Waals surface area (Å²) in [6.45, 7) is 6.76. The molecule has 100 valence electrons. The summed E-state index contributed by atoms with van der Waals surface area (Å²) >= 11 is 0. The van der Waals surface area contributed by atoms with Crippen LogP contribution in [-0.4, -0.2) is 29.9 Å². The smallest absolute Gasteiger partial charge is 0.248 e. The zero-order chi connectivity index (χ0) is 14.2. The third-order valence-electron chi connectivity index (χ3n) is 3.09. The lowest BCUT2D eigenvalue weighted by Gasteiger charge is -2.11. The Morgan fingerprint density at radius 3 is 2.63 bits per heavy atom. The number of hydrogen-bond donors (Lipinski definition) is 2. The number of aromatic nitrogens is 1. The van der Waals surface area contributed by atoms with Crippen LogP contribution in [0, 0.1) is 0 Å². The van der Waals surface area contributed by atoms with Gasteiger partial charge < -0.3 is 15.6 Å². The summed E-state index contributed by atoms with van der Waals surface area (Å²) < 4.78 is 0. The minimum Gasteiger partial charge on any atom is -0.366 e. The molecule has 1 heterocycles. The fraction of sp³-hybridized carbons (Fsp3) is 0.267. The Hall–Kier alpha value is -2.07. The average molecular weight is 257 g/mol. The monoisotopic (exact) mass is 257 g/mol. The van der Waals surface area contributed by atoms with Gasteiger partial charge in [0.15, 0.2) is 0 Å². The van der Waals surface area contributed by atoms with Crippen molar-refractivity contribution in [3.8, 4) is 0 Å². The van der Waals surface area contributed by atoms with Gasteiger partial charge in [0.1, 0.15) is 0 Å². The SMILES string of the molecule is C=C(C)c1[nH]c2ccc(C(N)=O)cc2c1CN(C)C. The Bertz CT molecular complexity index is 653. The normalized spacial score (nSPS) is 11.2. The minimum absolute atomic E-state index is 0.407. The summed E-state index contributed by atoms with van der Waals surface area (Å²) in [5.41, 5.74) is 10.0. The predicted molar refractivity (Wildman–Crippen MR) is 78.9 cm³/mol. The molecule has 1 amide bonds. The first-order chi connectivity index (χ1) is 8.90. The molecular formula is C15H19N3O.